The number of H-pyrrole nitrogens is 1. The van der Waals surface area contributed by atoms with Crippen molar-refractivity contribution in [2.24, 2.45) is 0 Å². The number of aromatic amines is 1. The first-order chi connectivity index (χ1) is 16.8. The van der Waals surface area contributed by atoms with Crippen molar-refractivity contribution < 1.29 is 13.9 Å². The first kappa shape index (κ1) is 20.9. The minimum atomic E-state index is -1.19. The van der Waals surface area contributed by atoms with Gasteiger partial charge < -0.3 is 5.11 Å². The van der Waals surface area contributed by atoms with E-state index in [0.717, 1.165) is 55.4 Å². The molecule has 1 aromatic heterocycles. The topological polar surface area (TPSA) is 80.0 Å². The predicted octanol–water partition coefficient (Wildman–Crippen LogP) is 5.07. The van der Waals surface area contributed by atoms with Crippen LogP contribution in [0.25, 0.3) is 43.7 Å². The molecule has 0 aliphatic rings. The molecule has 2 N–H and O–H groups in total. The number of aromatic hydroxyl groups is 1. The summed E-state index contributed by atoms with van der Waals surface area (Å²) in [7, 11) is 0. The van der Waals surface area contributed by atoms with Gasteiger partial charge >= 0.3 is 11.4 Å². The van der Waals surface area contributed by atoms with Crippen molar-refractivity contribution in [2.45, 2.75) is 6.92 Å². The fourth-order valence-corrected chi connectivity index (χ4v) is 4.77. The van der Waals surface area contributed by atoms with Gasteiger partial charge in [0.1, 0.15) is 11.4 Å². The zero-order valence-electron chi connectivity index (χ0n) is 18.3. The molecule has 1 heterocycles. The van der Waals surface area contributed by atoms with Crippen LogP contribution in [0, 0.1) is 18.6 Å². The van der Waals surface area contributed by atoms with Crippen LogP contribution in [0.15, 0.2) is 82.4 Å². The summed E-state index contributed by atoms with van der Waals surface area (Å²) in [6.45, 7) is 1.98. The van der Waals surface area contributed by atoms with Gasteiger partial charge in [-0.3, -0.25) is 0 Å². The molecule has 0 atom stereocenters. The number of phenols is 1. The number of phenolic OH excluding ortho intramolecular Hbond substituents is 1. The summed E-state index contributed by atoms with van der Waals surface area (Å²) in [4.78, 5) is 26.2. The van der Waals surface area contributed by atoms with Gasteiger partial charge in [-0.15, -0.1) is 0 Å². The molecule has 0 unspecified atom stereocenters. The maximum atomic E-state index is 13.8. The van der Waals surface area contributed by atoms with E-state index in [1.54, 1.807) is 6.07 Å². The molecule has 0 fully saturated rings. The Kier molecular flexibility index (Phi) is 4.41. The molecule has 0 bridgehead atoms. The SMILES string of the molecule is Cc1cccc2ccc3ccc4ccc(O)c(-n5[nH]c(=O)n(-c6ccc(F)c(F)c6)c5=O)c4c3c12. The van der Waals surface area contributed by atoms with Gasteiger partial charge in [0.05, 0.1) is 5.69 Å². The lowest BCUT2D eigenvalue weighted by atomic mass is 9.93. The zero-order chi connectivity index (χ0) is 24.4. The molecule has 35 heavy (non-hydrogen) atoms. The largest absolute Gasteiger partial charge is 0.506 e. The second kappa shape index (κ2) is 7.39. The second-order valence-corrected chi connectivity index (χ2v) is 8.40. The Morgan fingerprint density at radius 1 is 0.771 bits per heavy atom. The Labute approximate surface area is 195 Å². The average Bonchev–Trinajstić information content (AvgIpc) is 3.13. The summed E-state index contributed by atoms with van der Waals surface area (Å²) < 4.78 is 28.9. The second-order valence-electron chi connectivity index (χ2n) is 8.40. The van der Waals surface area contributed by atoms with Crippen LogP contribution in [0.5, 0.6) is 5.75 Å². The molecule has 0 aliphatic carbocycles. The van der Waals surface area contributed by atoms with Gasteiger partial charge in [0.15, 0.2) is 11.6 Å². The summed E-state index contributed by atoms with van der Waals surface area (Å²) >= 11 is 0. The highest BCUT2D eigenvalue weighted by molar-refractivity contribution is 6.23. The Morgan fingerprint density at radius 3 is 2.14 bits per heavy atom. The normalized spacial score (nSPS) is 11.6. The van der Waals surface area contributed by atoms with Crippen LogP contribution in [0.3, 0.4) is 0 Å². The number of hydrogen-bond acceptors (Lipinski definition) is 3. The minimum absolute atomic E-state index is 0.0901. The van der Waals surface area contributed by atoms with Gasteiger partial charge in [0.2, 0.25) is 0 Å². The average molecular weight is 469 g/mol. The fraction of sp³-hybridized carbons (Fsp3) is 0.0370. The highest BCUT2D eigenvalue weighted by atomic mass is 19.2. The van der Waals surface area contributed by atoms with Crippen molar-refractivity contribution in [3.63, 3.8) is 0 Å². The van der Waals surface area contributed by atoms with Gasteiger partial charge in [-0.25, -0.2) is 28.0 Å². The lowest BCUT2D eigenvalue weighted by molar-refractivity contribution is 0.470. The number of aromatic nitrogens is 3. The zero-order valence-corrected chi connectivity index (χ0v) is 18.3. The highest BCUT2D eigenvalue weighted by Gasteiger charge is 2.21. The number of hydrogen-bond donors (Lipinski definition) is 2. The third kappa shape index (κ3) is 3.00. The Hall–Kier alpha value is -4.72. The Balaban J connectivity index is 1.77. The quantitative estimate of drug-likeness (QED) is 0.348. The number of rotatable bonds is 2. The van der Waals surface area contributed by atoms with E-state index in [0.29, 0.717) is 9.95 Å². The summed E-state index contributed by atoms with van der Waals surface area (Å²) in [6.07, 6.45) is 0. The van der Waals surface area contributed by atoms with Crippen LogP contribution >= 0.6 is 0 Å². The first-order valence-corrected chi connectivity index (χ1v) is 10.8. The van der Waals surface area contributed by atoms with Crippen LogP contribution in [0.2, 0.25) is 0 Å². The maximum Gasteiger partial charge on any atom is 0.356 e. The molecule has 6 rings (SSSR count). The number of benzene rings is 5. The van der Waals surface area contributed by atoms with Crippen molar-refractivity contribution in [2.75, 3.05) is 0 Å². The van der Waals surface area contributed by atoms with E-state index in [1.165, 1.54) is 6.07 Å². The number of nitrogens with one attached hydrogen (secondary N) is 1. The van der Waals surface area contributed by atoms with Crippen molar-refractivity contribution in [3.8, 4) is 17.1 Å². The Morgan fingerprint density at radius 2 is 1.43 bits per heavy atom. The number of halogens is 2. The lowest BCUT2D eigenvalue weighted by Crippen LogP contribution is -2.27. The molecule has 0 radical (unpaired) electrons. The van der Waals surface area contributed by atoms with Crippen molar-refractivity contribution in [3.05, 3.63) is 111 Å². The summed E-state index contributed by atoms with van der Waals surface area (Å²) in [5.41, 5.74) is -0.765. The van der Waals surface area contributed by atoms with Gasteiger partial charge in [-0.05, 0) is 57.6 Å². The van der Waals surface area contributed by atoms with Gasteiger partial charge in [0, 0.05) is 11.5 Å². The van der Waals surface area contributed by atoms with Crippen molar-refractivity contribution >= 4 is 32.3 Å². The highest BCUT2D eigenvalue weighted by Crippen LogP contribution is 2.39. The molecule has 0 saturated heterocycles. The third-order valence-corrected chi connectivity index (χ3v) is 6.35. The van der Waals surface area contributed by atoms with Gasteiger partial charge in [0.25, 0.3) is 0 Å². The van der Waals surface area contributed by atoms with Gasteiger partial charge in [-0.2, -0.15) is 4.68 Å². The fourth-order valence-electron chi connectivity index (χ4n) is 4.77. The smallest absolute Gasteiger partial charge is 0.356 e. The predicted molar refractivity (Wildman–Crippen MR) is 131 cm³/mol. The molecule has 6 nitrogen and oxygen atoms in total. The first-order valence-electron chi connectivity index (χ1n) is 10.8. The molecule has 0 aliphatic heterocycles. The van der Waals surface area contributed by atoms with E-state index in [9.17, 15) is 23.5 Å². The van der Waals surface area contributed by atoms with E-state index in [2.05, 4.69) is 5.10 Å². The monoisotopic (exact) mass is 469 g/mol. The maximum absolute atomic E-state index is 13.8. The van der Waals surface area contributed by atoms with E-state index in [4.69, 9.17) is 0 Å². The molecular weight excluding hydrogens is 452 g/mol. The number of nitrogens with zero attached hydrogens (tertiary/aromatic N) is 2. The minimum Gasteiger partial charge on any atom is -0.506 e. The number of aryl methyl sites for hydroxylation is 1. The Bertz CT molecular complexity index is 1950. The third-order valence-electron chi connectivity index (χ3n) is 6.35. The molecule has 0 amide bonds. The van der Waals surface area contributed by atoms with Gasteiger partial charge in [-0.1, -0.05) is 48.5 Å². The molecule has 6 aromatic rings. The van der Waals surface area contributed by atoms with Crippen LogP contribution in [0.4, 0.5) is 8.78 Å². The van der Waals surface area contributed by atoms with Crippen molar-refractivity contribution in [1.82, 2.24) is 14.3 Å². The standard InChI is InChI=1S/C27H17F2N3O3/c1-14-3-2-4-15-5-6-16-7-8-17-9-12-21(33)25(24(17)23(16)22(14)15)32-27(35)31(26(34)30-32)18-10-11-19(28)20(29)13-18/h2-13,33H,1H3,(H,30,34). The molecule has 0 saturated carbocycles. The summed E-state index contributed by atoms with van der Waals surface area (Å²) in [6, 6.07) is 19.6. The van der Waals surface area contributed by atoms with Crippen LogP contribution in [-0.4, -0.2) is 19.5 Å². The molecule has 8 heteroatoms. The molecular formula is C27H17F2N3O3. The molecule has 0 spiro atoms. The van der Waals surface area contributed by atoms with Crippen LogP contribution in [-0.2, 0) is 0 Å². The van der Waals surface area contributed by atoms with Crippen LogP contribution in [0.1, 0.15) is 5.56 Å². The van der Waals surface area contributed by atoms with E-state index in [1.807, 2.05) is 49.4 Å². The number of fused-ring (bicyclic) bond motifs is 5. The van der Waals surface area contributed by atoms with E-state index < -0.39 is 23.0 Å². The molecule has 5 aromatic carbocycles. The van der Waals surface area contributed by atoms with Crippen LogP contribution < -0.4 is 11.4 Å². The molecule has 172 valence electrons. The van der Waals surface area contributed by atoms with E-state index >= 15 is 0 Å². The summed E-state index contributed by atoms with van der Waals surface area (Å²) in [5, 5.41) is 18.4. The summed E-state index contributed by atoms with van der Waals surface area (Å²) in [5.74, 6) is -2.52. The van der Waals surface area contributed by atoms with E-state index in [-0.39, 0.29) is 17.1 Å². The lowest BCUT2D eigenvalue weighted by Gasteiger charge is -2.14. The van der Waals surface area contributed by atoms with Crippen molar-refractivity contribution in [1.29, 1.82) is 0 Å².